The van der Waals surface area contributed by atoms with Gasteiger partial charge in [0.2, 0.25) is 5.91 Å². The summed E-state index contributed by atoms with van der Waals surface area (Å²) in [4.78, 5) is 39.4. The van der Waals surface area contributed by atoms with Crippen molar-refractivity contribution >= 4 is 28.9 Å². The number of anilines is 2. The SMILES string of the molecule is [C-]#[N+]C1=CCC(C(=O)Nc2ccc(C(CC)(CC)N3CCN(C(C)=O)CC3)cc2N2CCC(C)CC2)=N1. The van der Waals surface area contributed by atoms with E-state index in [1.165, 1.54) is 5.56 Å². The van der Waals surface area contributed by atoms with Crippen LogP contribution in [0.25, 0.3) is 4.85 Å². The van der Waals surface area contributed by atoms with Crippen LogP contribution in [0.5, 0.6) is 0 Å². The lowest BCUT2D eigenvalue weighted by atomic mass is 9.81. The highest BCUT2D eigenvalue weighted by molar-refractivity contribution is 6.44. The van der Waals surface area contributed by atoms with E-state index in [0.29, 0.717) is 18.1 Å². The number of nitrogens with zero attached hydrogens (tertiary/aromatic N) is 5. The second-order valence-electron chi connectivity index (χ2n) is 10.5. The summed E-state index contributed by atoms with van der Waals surface area (Å²) in [6.45, 7) is 20.7. The topological polar surface area (TPSA) is 72.6 Å². The Balaban J connectivity index is 1.66. The van der Waals surface area contributed by atoms with E-state index < -0.39 is 0 Å². The number of amides is 2. The first kappa shape index (κ1) is 26.9. The third-order valence-corrected chi connectivity index (χ3v) is 8.51. The van der Waals surface area contributed by atoms with Gasteiger partial charge in [0, 0.05) is 58.2 Å². The molecule has 0 atom stereocenters. The molecule has 1 N–H and O–H groups in total. The van der Waals surface area contributed by atoms with Gasteiger partial charge in [0.25, 0.3) is 11.7 Å². The van der Waals surface area contributed by atoms with Crippen LogP contribution < -0.4 is 10.2 Å². The van der Waals surface area contributed by atoms with Crippen LogP contribution >= 0.6 is 0 Å². The Morgan fingerprint density at radius 1 is 1.11 bits per heavy atom. The molecule has 0 radical (unpaired) electrons. The highest BCUT2D eigenvalue weighted by atomic mass is 16.2. The Labute approximate surface area is 221 Å². The molecule has 3 aliphatic heterocycles. The summed E-state index contributed by atoms with van der Waals surface area (Å²) in [5.41, 5.74) is 3.37. The maximum absolute atomic E-state index is 13.1. The fourth-order valence-corrected chi connectivity index (χ4v) is 6.00. The largest absolute Gasteiger partial charge is 0.370 e. The summed E-state index contributed by atoms with van der Waals surface area (Å²) in [5.74, 6) is 0.884. The van der Waals surface area contributed by atoms with E-state index in [9.17, 15) is 9.59 Å². The Hall–Kier alpha value is -3.18. The molecule has 0 bridgehead atoms. The molecule has 0 aliphatic carbocycles. The molecule has 2 saturated heterocycles. The van der Waals surface area contributed by atoms with Crippen molar-refractivity contribution < 1.29 is 9.59 Å². The molecule has 4 rings (SSSR count). The number of carbonyl (C=O) groups excluding carboxylic acids is 2. The van der Waals surface area contributed by atoms with Gasteiger partial charge in [0.05, 0.1) is 11.4 Å². The van der Waals surface area contributed by atoms with Crippen molar-refractivity contribution in [2.75, 3.05) is 49.5 Å². The first-order valence-electron chi connectivity index (χ1n) is 13.7. The molecule has 0 saturated carbocycles. The second-order valence-corrected chi connectivity index (χ2v) is 10.5. The zero-order chi connectivity index (χ0) is 26.6. The van der Waals surface area contributed by atoms with E-state index >= 15 is 0 Å². The molecule has 0 spiro atoms. The van der Waals surface area contributed by atoms with E-state index in [4.69, 9.17) is 6.57 Å². The molecule has 3 heterocycles. The average Bonchev–Trinajstić information content (AvgIpc) is 3.41. The van der Waals surface area contributed by atoms with Crippen LogP contribution in [0.4, 0.5) is 11.4 Å². The van der Waals surface area contributed by atoms with Crippen molar-refractivity contribution in [3.8, 4) is 0 Å². The van der Waals surface area contributed by atoms with Gasteiger partial charge in [0.1, 0.15) is 0 Å². The molecule has 2 amide bonds. The minimum absolute atomic E-state index is 0.132. The molecule has 8 nitrogen and oxygen atoms in total. The van der Waals surface area contributed by atoms with E-state index in [1.807, 2.05) is 11.0 Å². The zero-order valence-electron chi connectivity index (χ0n) is 22.7. The predicted molar refractivity (Wildman–Crippen MR) is 149 cm³/mol. The smallest absolute Gasteiger partial charge is 0.294 e. The van der Waals surface area contributed by atoms with Crippen molar-refractivity contribution in [1.82, 2.24) is 9.80 Å². The third kappa shape index (κ3) is 5.57. The summed E-state index contributed by atoms with van der Waals surface area (Å²) in [7, 11) is 0. The standard InChI is InChI=1S/C29H40N6O2/c1-6-29(7-2,35-18-16-33(17-19-35)22(4)36)23-8-9-24(26(20-23)34-14-12-21(3)13-15-34)32-28(37)25-10-11-27(30-5)31-25/h8-9,11,20-21H,6-7,10,12-19H2,1-4H3,(H,32,37). The summed E-state index contributed by atoms with van der Waals surface area (Å²) in [6, 6.07) is 6.50. The van der Waals surface area contributed by atoms with Gasteiger partial charge in [-0.2, -0.15) is 0 Å². The van der Waals surface area contributed by atoms with Gasteiger partial charge >= 0.3 is 0 Å². The monoisotopic (exact) mass is 504 g/mol. The maximum atomic E-state index is 13.1. The van der Waals surface area contributed by atoms with E-state index in [-0.39, 0.29) is 23.2 Å². The molecule has 2 fully saturated rings. The summed E-state index contributed by atoms with van der Waals surface area (Å²) < 4.78 is 0. The van der Waals surface area contributed by atoms with Crippen LogP contribution in [0.2, 0.25) is 0 Å². The van der Waals surface area contributed by atoms with Crippen molar-refractivity contribution in [1.29, 1.82) is 0 Å². The van der Waals surface area contributed by atoms with Gasteiger partial charge in [-0.3, -0.25) is 14.5 Å². The van der Waals surface area contributed by atoms with Gasteiger partial charge in [-0.05, 0) is 49.3 Å². The van der Waals surface area contributed by atoms with E-state index in [0.717, 1.165) is 76.3 Å². The fraction of sp³-hybridized carbons (Fsp3) is 0.586. The number of hydrogen-bond acceptors (Lipinski definition) is 5. The Kier molecular flexibility index (Phi) is 8.33. The quantitative estimate of drug-likeness (QED) is 0.549. The van der Waals surface area contributed by atoms with Gasteiger partial charge in [-0.25, -0.2) is 0 Å². The van der Waals surface area contributed by atoms with Crippen LogP contribution in [-0.4, -0.2) is 66.6 Å². The summed E-state index contributed by atoms with van der Waals surface area (Å²) in [5, 5.41) is 3.11. The first-order valence-corrected chi connectivity index (χ1v) is 13.7. The molecule has 0 aromatic heterocycles. The number of allylic oxidation sites excluding steroid dienone is 1. The lowest BCUT2D eigenvalue weighted by Gasteiger charge is -2.48. The molecule has 3 aliphatic rings. The van der Waals surface area contributed by atoms with E-state index in [2.05, 4.69) is 57.9 Å². The lowest BCUT2D eigenvalue weighted by molar-refractivity contribution is -0.131. The van der Waals surface area contributed by atoms with Crippen LogP contribution in [0, 0.1) is 12.5 Å². The van der Waals surface area contributed by atoms with Crippen molar-refractivity contribution in [3.63, 3.8) is 0 Å². The molecule has 8 heteroatoms. The number of piperidine rings is 1. The Morgan fingerprint density at radius 3 is 2.35 bits per heavy atom. The van der Waals surface area contributed by atoms with Crippen molar-refractivity contribution in [2.24, 2.45) is 10.9 Å². The average molecular weight is 505 g/mol. The normalized spacial score (nSPS) is 19.3. The highest BCUT2D eigenvalue weighted by Crippen LogP contribution is 2.41. The lowest BCUT2D eigenvalue weighted by Crippen LogP contribution is -2.56. The highest BCUT2D eigenvalue weighted by Gasteiger charge is 2.38. The number of hydrogen-bond donors (Lipinski definition) is 1. The molecular formula is C29H40N6O2. The minimum atomic E-state index is -0.244. The number of nitrogens with one attached hydrogen (secondary N) is 1. The number of carbonyl (C=O) groups is 2. The van der Waals surface area contributed by atoms with Crippen LogP contribution in [0.15, 0.2) is 35.1 Å². The fourth-order valence-electron chi connectivity index (χ4n) is 6.00. The minimum Gasteiger partial charge on any atom is -0.370 e. The van der Waals surface area contributed by atoms with E-state index in [1.54, 1.807) is 13.0 Å². The van der Waals surface area contributed by atoms with Gasteiger partial charge in [-0.15, -0.1) is 4.99 Å². The van der Waals surface area contributed by atoms with Crippen LogP contribution in [0.3, 0.4) is 0 Å². The number of benzene rings is 1. The Morgan fingerprint density at radius 2 is 1.78 bits per heavy atom. The maximum Gasteiger partial charge on any atom is 0.294 e. The number of aliphatic imine (C=N–C) groups is 1. The molecule has 198 valence electrons. The van der Waals surface area contributed by atoms with Crippen LogP contribution in [-0.2, 0) is 15.1 Å². The van der Waals surface area contributed by atoms with Crippen molar-refractivity contribution in [3.05, 3.63) is 47.1 Å². The van der Waals surface area contributed by atoms with Gasteiger partial charge in [0.15, 0.2) is 5.71 Å². The number of rotatable bonds is 7. The summed E-state index contributed by atoms with van der Waals surface area (Å²) >= 11 is 0. The van der Waals surface area contributed by atoms with Gasteiger partial charge in [-0.1, -0.05) is 39.5 Å². The molecule has 1 aromatic carbocycles. The third-order valence-electron chi connectivity index (χ3n) is 8.51. The van der Waals surface area contributed by atoms with Crippen molar-refractivity contribution in [2.45, 2.75) is 65.3 Å². The Bertz CT molecular complexity index is 1110. The molecule has 37 heavy (non-hydrogen) atoms. The van der Waals surface area contributed by atoms with Crippen LogP contribution in [0.1, 0.15) is 65.4 Å². The molecular weight excluding hydrogens is 464 g/mol. The molecule has 0 unspecified atom stereocenters. The zero-order valence-corrected chi connectivity index (χ0v) is 22.7. The second kappa shape index (κ2) is 11.5. The first-order chi connectivity index (χ1) is 17.8. The summed E-state index contributed by atoms with van der Waals surface area (Å²) in [6.07, 6.45) is 6.27. The number of piperazine rings is 1. The van der Waals surface area contributed by atoms with Gasteiger partial charge < -0.3 is 20.0 Å². The predicted octanol–water partition coefficient (Wildman–Crippen LogP) is 4.65. The molecule has 1 aromatic rings.